The van der Waals surface area contributed by atoms with E-state index >= 15 is 0 Å². The normalized spacial score (nSPS) is 15.1. The number of thioether (sulfide) groups is 1. The molecule has 1 aromatic heterocycles. The maximum atomic E-state index is 12.5. The molecule has 3 rings (SSSR count). The average Bonchev–Trinajstić information content (AvgIpc) is 3.06. The van der Waals surface area contributed by atoms with E-state index in [1.54, 1.807) is 11.7 Å². The van der Waals surface area contributed by atoms with Gasteiger partial charge in [0.15, 0.2) is 5.78 Å². The molecule has 20 heavy (non-hydrogen) atoms. The molecule has 0 saturated carbocycles. The van der Waals surface area contributed by atoms with E-state index in [4.69, 9.17) is 0 Å². The topological polar surface area (TPSA) is 60.7 Å². The van der Waals surface area contributed by atoms with Crippen LogP contribution >= 0.6 is 11.8 Å². The first-order valence-electron chi connectivity index (χ1n) is 6.70. The molecule has 0 bridgehead atoms. The molecule has 1 aliphatic carbocycles. The van der Waals surface area contributed by atoms with Crippen LogP contribution in [-0.4, -0.2) is 31.2 Å². The lowest BCUT2D eigenvalue weighted by atomic mass is 10.0. The van der Waals surface area contributed by atoms with E-state index in [1.165, 1.54) is 29.3 Å². The van der Waals surface area contributed by atoms with Crippen molar-refractivity contribution < 1.29 is 4.79 Å². The van der Waals surface area contributed by atoms with Crippen molar-refractivity contribution in [2.45, 2.75) is 36.6 Å². The molecular formula is C14H16N4OS. The Morgan fingerprint density at radius 3 is 2.90 bits per heavy atom. The number of fused-ring (bicyclic) bond motifs is 1. The van der Waals surface area contributed by atoms with Gasteiger partial charge in [-0.05, 0) is 53.8 Å². The third-order valence-corrected chi connectivity index (χ3v) is 4.74. The molecule has 0 saturated heterocycles. The Morgan fingerprint density at radius 2 is 2.15 bits per heavy atom. The molecule has 5 nitrogen and oxygen atoms in total. The largest absolute Gasteiger partial charge is 0.293 e. The van der Waals surface area contributed by atoms with Crippen LogP contribution in [0.4, 0.5) is 0 Å². The van der Waals surface area contributed by atoms with E-state index < -0.39 is 0 Å². The summed E-state index contributed by atoms with van der Waals surface area (Å²) >= 11 is 1.39. The summed E-state index contributed by atoms with van der Waals surface area (Å²) in [4.78, 5) is 12.5. The predicted octanol–water partition coefficient (Wildman–Crippen LogP) is 2.06. The number of aryl methyl sites for hydroxylation is 3. The molecule has 0 spiro atoms. The Bertz CT molecular complexity index is 652. The van der Waals surface area contributed by atoms with Crippen LogP contribution in [0.15, 0.2) is 23.4 Å². The molecule has 1 aliphatic rings. The summed E-state index contributed by atoms with van der Waals surface area (Å²) in [7, 11) is 1.77. The summed E-state index contributed by atoms with van der Waals surface area (Å²) in [6.07, 6.45) is 3.42. The first-order chi connectivity index (χ1) is 9.65. The quantitative estimate of drug-likeness (QED) is 0.636. The third kappa shape index (κ3) is 2.47. The van der Waals surface area contributed by atoms with Crippen LogP contribution in [0.1, 0.15) is 34.8 Å². The standard InChI is InChI=1S/C14H16N4OS/c1-9(20-14-15-16-17-18(14)2)13(19)12-7-6-10-4-3-5-11(10)8-12/h6-9H,3-5H2,1-2H3. The Hall–Kier alpha value is -1.69. The van der Waals surface area contributed by atoms with Gasteiger partial charge < -0.3 is 0 Å². The fourth-order valence-electron chi connectivity index (χ4n) is 2.49. The number of nitrogens with zero attached hydrogens (tertiary/aromatic N) is 4. The van der Waals surface area contributed by atoms with Crippen LogP contribution in [0.25, 0.3) is 0 Å². The van der Waals surface area contributed by atoms with Crippen molar-refractivity contribution in [2.75, 3.05) is 0 Å². The fraction of sp³-hybridized carbons (Fsp3) is 0.429. The summed E-state index contributed by atoms with van der Waals surface area (Å²) in [5.74, 6) is 0.132. The number of rotatable bonds is 4. The van der Waals surface area contributed by atoms with Crippen LogP contribution in [0.3, 0.4) is 0 Å². The highest BCUT2D eigenvalue weighted by Crippen LogP contribution is 2.26. The van der Waals surface area contributed by atoms with Gasteiger partial charge in [0.05, 0.1) is 5.25 Å². The smallest absolute Gasteiger partial charge is 0.209 e. The lowest BCUT2D eigenvalue weighted by Crippen LogP contribution is -2.14. The zero-order valence-electron chi connectivity index (χ0n) is 11.5. The fourth-order valence-corrected chi connectivity index (χ4v) is 3.32. The molecule has 1 atom stereocenters. The lowest BCUT2D eigenvalue weighted by Gasteiger charge is -2.10. The number of aromatic nitrogens is 4. The minimum atomic E-state index is -0.195. The zero-order valence-corrected chi connectivity index (χ0v) is 12.4. The summed E-state index contributed by atoms with van der Waals surface area (Å²) in [6.45, 7) is 1.90. The predicted molar refractivity (Wildman–Crippen MR) is 76.9 cm³/mol. The molecule has 104 valence electrons. The zero-order chi connectivity index (χ0) is 14.1. The monoisotopic (exact) mass is 288 g/mol. The van der Waals surface area contributed by atoms with Crippen LogP contribution in [0.2, 0.25) is 0 Å². The molecule has 0 aliphatic heterocycles. The number of ketones is 1. The van der Waals surface area contributed by atoms with Crippen molar-refractivity contribution in [3.8, 4) is 0 Å². The number of tetrazole rings is 1. The maximum Gasteiger partial charge on any atom is 0.209 e. The van der Waals surface area contributed by atoms with Crippen molar-refractivity contribution in [1.82, 2.24) is 20.2 Å². The highest BCUT2D eigenvalue weighted by molar-refractivity contribution is 8.00. The highest BCUT2D eigenvalue weighted by Gasteiger charge is 2.21. The van der Waals surface area contributed by atoms with Gasteiger partial charge in [0.25, 0.3) is 0 Å². The van der Waals surface area contributed by atoms with Crippen LogP contribution in [0.5, 0.6) is 0 Å². The Labute approximate surface area is 121 Å². The maximum absolute atomic E-state index is 12.5. The Morgan fingerprint density at radius 1 is 1.35 bits per heavy atom. The molecule has 0 N–H and O–H groups in total. The van der Waals surface area contributed by atoms with Gasteiger partial charge in [-0.3, -0.25) is 4.79 Å². The number of Topliss-reactive ketones (excluding diaryl/α,β-unsaturated/α-hetero) is 1. The van der Waals surface area contributed by atoms with Crippen molar-refractivity contribution >= 4 is 17.5 Å². The highest BCUT2D eigenvalue weighted by atomic mass is 32.2. The van der Waals surface area contributed by atoms with Crippen LogP contribution in [-0.2, 0) is 19.9 Å². The minimum absolute atomic E-state index is 0.132. The second-order valence-corrected chi connectivity index (χ2v) is 6.35. The minimum Gasteiger partial charge on any atom is -0.293 e. The van der Waals surface area contributed by atoms with Gasteiger partial charge >= 0.3 is 0 Å². The molecule has 0 amide bonds. The van der Waals surface area contributed by atoms with Crippen molar-refractivity contribution in [2.24, 2.45) is 7.05 Å². The van der Waals surface area contributed by atoms with E-state index in [-0.39, 0.29) is 11.0 Å². The molecular weight excluding hydrogens is 272 g/mol. The SMILES string of the molecule is CC(Sc1nnnn1C)C(=O)c1ccc2c(c1)CCC2. The van der Waals surface area contributed by atoms with Gasteiger partial charge in [-0.25, -0.2) is 4.68 Å². The number of carbonyl (C=O) groups is 1. The Balaban J connectivity index is 1.76. The molecule has 2 aromatic rings. The summed E-state index contributed by atoms with van der Waals surface area (Å²) in [5, 5.41) is 11.7. The van der Waals surface area contributed by atoms with Gasteiger partial charge in [0.1, 0.15) is 0 Å². The second-order valence-electron chi connectivity index (χ2n) is 5.05. The van der Waals surface area contributed by atoms with Crippen LogP contribution in [0, 0.1) is 0 Å². The van der Waals surface area contributed by atoms with E-state index in [1.807, 2.05) is 13.0 Å². The molecule has 1 aromatic carbocycles. The van der Waals surface area contributed by atoms with E-state index in [2.05, 4.69) is 27.7 Å². The Kier molecular flexibility index (Phi) is 3.56. The number of carbonyl (C=O) groups excluding carboxylic acids is 1. The first-order valence-corrected chi connectivity index (χ1v) is 7.58. The molecule has 6 heteroatoms. The summed E-state index contributed by atoms with van der Waals surface area (Å²) in [5.41, 5.74) is 3.51. The van der Waals surface area contributed by atoms with Crippen molar-refractivity contribution in [1.29, 1.82) is 0 Å². The van der Waals surface area contributed by atoms with Gasteiger partial charge in [-0.1, -0.05) is 23.9 Å². The van der Waals surface area contributed by atoms with E-state index in [0.29, 0.717) is 5.16 Å². The number of benzene rings is 1. The van der Waals surface area contributed by atoms with Gasteiger partial charge in [-0.2, -0.15) is 0 Å². The molecule has 1 unspecified atom stereocenters. The van der Waals surface area contributed by atoms with E-state index in [0.717, 1.165) is 18.4 Å². The molecule has 1 heterocycles. The number of hydrogen-bond acceptors (Lipinski definition) is 5. The molecule has 0 radical (unpaired) electrons. The second kappa shape index (κ2) is 5.36. The summed E-state index contributed by atoms with van der Waals surface area (Å²) < 4.78 is 1.58. The van der Waals surface area contributed by atoms with Crippen LogP contribution < -0.4 is 0 Å². The average molecular weight is 288 g/mol. The van der Waals surface area contributed by atoms with Gasteiger partial charge in [0.2, 0.25) is 5.16 Å². The molecule has 0 fully saturated rings. The number of hydrogen-bond donors (Lipinski definition) is 0. The lowest BCUT2D eigenvalue weighted by molar-refractivity contribution is 0.0993. The third-order valence-electron chi connectivity index (χ3n) is 3.62. The summed E-state index contributed by atoms with van der Waals surface area (Å²) in [6, 6.07) is 6.09. The van der Waals surface area contributed by atoms with Gasteiger partial charge in [0, 0.05) is 12.6 Å². The van der Waals surface area contributed by atoms with Crippen molar-refractivity contribution in [3.63, 3.8) is 0 Å². The first kappa shape index (κ1) is 13.3. The van der Waals surface area contributed by atoms with Crippen molar-refractivity contribution in [3.05, 3.63) is 34.9 Å². The van der Waals surface area contributed by atoms with Gasteiger partial charge in [-0.15, -0.1) is 5.10 Å². The van der Waals surface area contributed by atoms with E-state index in [9.17, 15) is 4.79 Å².